The second-order valence-electron chi connectivity index (χ2n) is 8.66. The van der Waals surface area contributed by atoms with E-state index >= 15 is 0 Å². The van der Waals surface area contributed by atoms with Gasteiger partial charge >= 0.3 is 6.09 Å². The molecule has 3 aromatic carbocycles. The first-order valence-corrected chi connectivity index (χ1v) is 11.9. The van der Waals surface area contributed by atoms with Crippen LogP contribution < -0.4 is 10.1 Å². The van der Waals surface area contributed by atoms with Gasteiger partial charge in [-0.3, -0.25) is 9.89 Å². The van der Waals surface area contributed by atoms with E-state index in [0.29, 0.717) is 18.1 Å². The summed E-state index contributed by atoms with van der Waals surface area (Å²) in [5, 5.41) is 11.2. The first kappa shape index (κ1) is 23.7. The first-order chi connectivity index (χ1) is 17.5. The molecule has 4 aromatic rings. The van der Waals surface area contributed by atoms with Gasteiger partial charge in [0.05, 0.1) is 23.8 Å². The van der Waals surface area contributed by atoms with Crippen molar-refractivity contribution in [1.82, 2.24) is 20.4 Å². The predicted octanol–water partition coefficient (Wildman–Crippen LogP) is 4.60. The highest BCUT2D eigenvalue weighted by molar-refractivity contribution is 6.35. The molecule has 9 heteroatoms. The molecule has 0 fully saturated rings. The molecule has 1 aromatic heterocycles. The molecule has 0 radical (unpaired) electrons. The number of aromatic nitrogens is 2. The van der Waals surface area contributed by atoms with Gasteiger partial charge in [-0.2, -0.15) is 5.10 Å². The van der Waals surface area contributed by atoms with E-state index in [9.17, 15) is 9.59 Å². The second kappa shape index (κ2) is 10.3. The highest BCUT2D eigenvalue weighted by Gasteiger charge is 2.32. The zero-order chi connectivity index (χ0) is 25.1. The summed E-state index contributed by atoms with van der Waals surface area (Å²) in [5.41, 5.74) is 4.36. The molecule has 36 heavy (non-hydrogen) atoms. The predicted molar refractivity (Wildman–Crippen MR) is 136 cm³/mol. The standard InChI is InChI=1S/C27H25ClN4O4/c1-35-20-9-7-17(8-10-20)14-32-15-22-19(11-23(28)25-21(22)13-29-31-25)12-24(26(32)33)30-27(34)36-16-18-5-3-2-4-6-18/h2-11,13,24H,12,14-16H2,1H3,(H,29,31)(H,30,34). The van der Waals surface area contributed by atoms with Gasteiger partial charge in [0.1, 0.15) is 18.4 Å². The maximum atomic E-state index is 13.7. The number of ether oxygens (including phenoxy) is 2. The largest absolute Gasteiger partial charge is 0.497 e. The molecule has 2 N–H and O–H groups in total. The van der Waals surface area contributed by atoms with E-state index in [1.807, 2.05) is 60.7 Å². The quantitative estimate of drug-likeness (QED) is 0.400. The molecule has 1 aliphatic rings. The fraction of sp³-hybridized carbons (Fsp3) is 0.222. The Hall–Kier alpha value is -4.04. The third kappa shape index (κ3) is 4.99. The lowest BCUT2D eigenvalue weighted by molar-refractivity contribution is -0.134. The Morgan fingerprint density at radius 3 is 2.69 bits per heavy atom. The maximum absolute atomic E-state index is 13.7. The van der Waals surface area contributed by atoms with Crippen molar-refractivity contribution < 1.29 is 19.1 Å². The maximum Gasteiger partial charge on any atom is 0.408 e. The van der Waals surface area contributed by atoms with Crippen LogP contribution in [0, 0.1) is 0 Å². The molecule has 1 atom stereocenters. The Kier molecular flexibility index (Phi) is 6.77. The van der Waals surface area contributed by atoms with Crippen molar-refractivity contribution in [3.63, 3.8) is 0 Å². The van der Waals surface area contributed by atoms with Crippen LogP contribution in [0.15, 0.2) is 66.9 Å². The lowest BCUT2D eigenvalue weighted by atomic mass is 9.99. The van der Waals surface area contributed by atoms with Crippen LogP contribution in [0.2, 0.25) is 5.02 Å². The number of benzene rings is 3. The number of hydrogen-bond donors (Lipinski definition) is 2. The second-order valence-corrected chi connectivity index (χ2v) is 9.07. The van der Waals surface area contributed by atoms with E-state index in [0.717, 1.165) is 38.9 Å². The van der Waals surface area contributed by atoms with E-state index < -0.39 is 12.1 Å². The summed E-state index contributed by atoms with van der Waals surface area (Å²) >= 11 is 6.50. The van der Waals surface area contributed by atoms with Crippen molar-refractivity contribution in [3.8, 4) is 5.75 Å². The Morgan fingerprint density at radius 2 is 1.94 bits per heavy atom. The Labute approximate surface area is 213 Å². The molecule has 0 saturated carbocycles. The van der Waals surface area contributed by atoms with Crippen molar-refractivity contribution in [2.45, 2.75) is 32.2 Å². The van der Waals surface area contributed by atoms with Crippen molar-refractivity contribution in [2.24, 2.45) is 0 Å². The molecular weight excluding hydrogens is 480 g/mol. The van der Waals surface area contributed by atoms with E-state index in [-0.39, 0.29) is 18.9 Å². The zero-order valence-electron chi connectivity index (χ0n) is 19.7. The monoisotopic (exact) mass is 504 g/mol. The number of aromatic amines is 1. The minimum atomic E-state index is -0.812. The van der Waals surface area contributed by atoms with Crippen LogP contribution in [0.1, 0.15) is 22.3 Å². The van der Waals surface area contributed by atoms with E-state index in [4.69, 9.17) is 21.1 Å². The van der Waals surface area contributed by atoms with Gasteiger partial charge in [0.25, 0.3) is 0 Å². The summed E-state index contributed by atoms with van der Waals surface area (Å²) in [5.74, 6) is 0.535. The summed E-state index contributed by atoms with van der Waals surface area (Å²) in [7, 11) is 1.61. The number of carbonyl (C=O) groups is 2. The van der Waals surface area contributed by atoms with Gasteiger partial charge in [-0.15, -0.1) is 0 Å². The summed E-state index contributed by atoms with van der Waals surface area (Å²) in [6.45, 7) is 0.827. The van der Waals surface area contributed by atoms with Crippen molar-refractivity contribution in [2.75, 3.05) is 7.11 Å². The number of halogens is 1. The third-order valence-corrected chi connectivity index (χ3v) is 6.61. The van der Waals surface area contributed by atoms with Crippen LogP contribution in [0.4, 0.5) is 4.79 Å². The summed E-state index contributed by atoms with van der Waals surface area (Å²) in [4.78, 5) is 28.1. The number of methoxy groups -OCH3 is 1. The first-order valence-electron chi connectivity index (χ1n) is 11.5. The third-order valence-electron chi connectivity index (χ3n) is 6.31. The number of H-pyrrole nitrogens is 1. The van der Waals surface area contributed by atoms with Gasteiger partial charge in [0.2, 0.25) is 5.91 Å². The fourth-order valence-corrected chi connectivity index (χ4v) is 4.73. The summed E-state index contributed by atoms with van der Waals surface area (Å²) in [6, 6.07) is 18.0. The number of alkyl carbamates (subject to hydrolysis) is 1. The van der Waals surface area contributed by atoms with Crippen LogP contribution in [-0.4, -0.2) is 40.2 Å². The Bertz CT molecular complexity index is 1390. The smallest absolute Gasteiger partial charge is 0.408 e. The molecule has 0 saturated heterocycles. The number of rotatable bonds is 6. The van der Waals surface area contributed by atoms with Gasteiger partial charge in [-0.05, 0) is 40.5 Å². The van der Waals surface area contributed by atoms with Crippen molar-refractivity contribution in [3.05, 3.63) is 94.1 Å². The lowest BCUT2D eigenvalue weighted by Crippen LogP contribution is -2.48. The number of nitrogens with one attached hydrogen (secondary N) is 2. The average Bonchev–Trinajstić information content (AvgIpc) is 3.36. The van der Waals surface area contributed by atoms with E-state index in [1.165, 1.54) is 0 Å². The van der Waals surface area contributed by atoms with Gasteiger partial charge < -0.3 is 19.7 Å². The molecule has 8 nitrogen and oxygen atoms in total. The van der Waals surface area contributed by atoms with E-state index in [2.05, 4.69) is 15.5 Å². The highest BCUT2D eigenvalue weighted by Crippen LogP contribution is 2.32. The highest BCUT2D eigenvalue weighted by atomic mass is 35.5. The number of hydrogen-bond acceptors (Lipinski definition) is 5. The zero-order valence-corrected chi connectivity index (χ0v) is 20.4. The van der Waals surface area contributed by atoms with Crippen LogP contribution in [0.5, 0.6) is 5.75 Å². The number of amides is 2. The molecule has 0 spiro atoms. The molecule has 2 heterocycles. The fourth-order valence-electron chi connectivity index (χ4n) is 4.45. The summed E-state index contributed by atoms with van der Waals surface area (Å²) in [6.07, 6.45) is 1.35. The minimum Gasteiger partial charge on any atom is -0.497 e. The van der Waals surface area contributed by atoms with Crippen LogP contribution in [0.3, 0.4) is 0 Å². The van der Waals surface area contributed by atoms with Crippen molar-refractivity contribution >= 4 is 34.5 Å². The van der Waals surface area contributed by atoms with Gasteiger partial charge in [0, 0.05) is 24.9 Å². The minimum absolute atomic E-state index is 0.112. The van der Waals surface area contributed by atoms with Crippen LogP contribution >= 0.6 is 11.6 Å². The number of carbonyl (C=O) groups excluding carboxylic acids is 2. The topological polar surface area (TPSA) is 96.6 Å². The molecule has 184 valence electrons. The van der Waals surface area contributed by atoms with Gasteiger partial charge in [-0.1, -0.05) is 54.1 Å². The van der Waals surface area contributed by atoms with Gasteiger partial charge in [0.15, 0.2) is 0 Å². The molecule has 0 bridgehead atoms. The Morgan fingerprint density at radius 1 is 1.17 bits per heavy atom. The molecule has 0 aliphatic carbocycles. The number of fused-ring (bicyclic) bond motifs is 3. The SMILES string of the molecule is COc1ccc(CN2Cc3c(cc(Cl)c4[nH]ncc34)CC(NC(=O)OCc3ccccc3)C2=O)cc1. The average molecular weight is 505 g/mol. The van der Waals surface area contributed by atoms with Crippen LogP contribution in [-0.2, 0) is 35.6 Å². The van der Waals surface area contributed by atoms with Crippen molar-refractivity contribution in [1.29, 1.82) is 0 Å². The molecule has 2 amide bonds. The van der Waals surface area contributed by atoms with Gasteiger partial charge in [-0.25, -0.2) is 4.79 Å². The number of nitrogens with zero attached hydrogens (tertiary/aromatic N) is 2. The van der Waals surface area contributed by atoms with E-state index in [1.54, 1.807) is 18.2 Å². The molecular formula is C27H25ClN4O4. The normalized spacial score (nSPS) is 15.3. The van der Waals surface area contributed by atoms with Crippen LogP contribution in [0.25, 0.3) is 10.9 Å². The summed E-state index contributed by atoms with van der Waals surface area (Å²) < 4.78 is 10.6. The Balaban J connectivity index is 1.42. The lowest BCUT2D eigenvalue weighted by Gasteiger charge is -2.25. The molecule has 1 unspecified atom stereocenters. The molecule has 1 aliphatic heterocycles. The molecule has 5 rings (SSSR count).